The average Bonchev–Trinajstić information content (AvgIpc) is 2.47. The fraction of sp³-hybridized carbons (Fsp3) is 0.235. The van der Waals surface area contributed by atoms with Gasteiger partial charge in [0.05, 0.1) is 6.04 Å². The quantitative estimate of drug-likeness (QED) is 0.923. The van der Waals surface area contributed by atoms with Crippen molar-refractivity contribution in [2.75, 3.05) is 7.05 Å². The van der Waals surface area contributed by atoms with Crippen molar-refractivity contribution in [1.82, 2.24) is 4.90 Å². The Bertz CT molecular complexity index is 670. The summed E-state index contributed by atoms with van der Waals surface area (Å²) in [5.41, 5.74) is 2.18. The van der Waals surface area contributed by atoms with Crippen LogP contribution in [0.1, 0.15) is 34.5 Å². The molecule has 0 aliphatic rings. The van der Waals surface area contributed by atoms with E-state index in [9.17, 15) is 9.90 Å². The summed E-state index contributed by atoms with van der Waals surface area (Å²) in [4.78, 5) is 14.1. The summed E-state index contributed by atoms with van der Waals surface area (Å²) in [5.74, 6) is -0.0116. The molecule has 4 heteroatoms. The summed E-state index contributed by atoms with van der Waals surface area (Å²) in [7, 11) is 1.74. The van der Waals surface area contributed by atoms with Gasteiger partial charge in [0, 0.05) is 17.6 Å². The number of phenols is 1. The summed E-state index contributed by atoms with van der Waals surface area (Å²) in [5, 5.41) is 10.4. The van der Waals surface area contributed by atoms with Crippen LogP contribution < -0.4 is 0 Å². The van der Waals surface area contributed by atoms with Crippen LogP contribution >= 0.6 is 11.6 Å². The van der Waals surface area contributed by atoms with Gasteiger partial charge in [-0.25, -0.2) is 0 Å². The smallest absolute Gasteiger partial charge is 0.254 e. The third-order valence-corrected chi connectivity index (χ3v) is 3.92. The Morgan fingerprint density at radius 2 is 1.95 bits per heavy atom. The number of halogens is 1. The van der Waals surface area contributed by atoms with E-state index in [1.54, 1.807) is 37.1 Å². The van der Waals surface area contributed by atoms with E-state index >= 15 is 0 Å². The van der Waals surface area contributed by atoms with Gasteiger partial charge in [-0.05, 0) is 49.2 Å². The van der Waals surface area contributed by atoms with Crippen molar-refractivity contribution in [3.8, 4) is 5.75 Å². The Morgan fingerprint density at radius 1 is 1.24 bits per heavy atom. The van der Waals surface area contributed by atoms with Crippen molar-refractivity contribution in [2.45, 2.75) is 19.9 Å². The predicted molar refractivity (Wildman–Crippen MR) is 84.8 cm³/mol. The Kier molecular flexibility index (Phi) is 4.53. The molecule has 0 radical (unpaired) electrons. The van der Waals surface area contributed by atoms with Crippen molar-refractivity contribution in [3.05, 3.63) is 64.2 Å². The van der Waals surface area contributed by atoms with E-state index < -0.39 is 0 Å². The molecule has 2 rings (SSSR count). The largest absolute Gasteiger partial charge is 0.508 e. The van der Waals surface area contributed by atoms with Crippen molar-refractivity contribution in [3.63, 3.8) is 0 Å². The monoisotopic (exact) mass is 303 g/mol. The SMILES string of the molecule is Cc1ccc(C(=O)N(C)C(C)c2cccc(Cl)c2)cc1O. The first kappa shape index (κ1) is 15.4. The molecule has 3 nitrogen and oxygen atoms in total. The molecule has 0 spiro atoms. The summed E-state index contributed by atoms with van der Waals surface area (Å²) in [6, 6.07) is 12.3. The Morgan fingerprint density at radius 3 is 2.57 bits per heavy atom. The van der Waals surface area contributed by atoms with Crippen LogP contribution in [-0.2, 0) is 0 Å². The van der Waals surface area contributed by atoms with Gasteiger partial charge in [-0.15, -0.1) is 0 Å². The van der Waals surface area contributed by atoms with Crippen molar-refractivity contribution < 1.29 is 9.90 Å². The van der Waals surface area contributed by atoms with E-state index in [2.05, 4.69) is 0 Å². The van der Waals surface area contributed by atoms with Crippen molar-refractivity contribution >= 4 is 17.5 Å². The van der Waals surface area contributed by atoms with Gasteiger partial charge in [-0.1, -0.05) is 29.8 Å². The van der Waals surface area contributed by atoms with Crippen molar-refractivity contribution in [2.24, 2.45) is 0 Å². The van der Waals surface area contributed by atoms with Crippen LogP contribution in [0.2, 0.25) is 5.02 Å². The molecule has 0 aliphatic heterocycles. The zero-order chi connectivity index (χ0) is 15.6. The Balaban J connectivity index is 2.24. The molecule has 1 unspecified atom stereocenters. The van der Waals surface area contributed by atoms with Crippen LogP contribution in [0.15, 0.2) is 42.5 Å². The molecule has 0 saturated heterocycles. The summed E-state index contributed by atoms with van der Waals surface area (Å²) >= 11 is 5.99. The van der Waals surface area contributed by atoms with E-state index in [0.29, 0.717) is 10.6 Å². The Labute approximate surface area is 129 Å². The number of nitrogens with zero attached hydrogens (tertiary/aromatic N) is 1. The maximum Gasteiger partial charge on any atom is 0.254 e. The summed E-state index contributed by atoms with van der Waals surface area (Å²) in [6.45, 7) is 3.74. The minimum atomic E-state index is -0.141. The van der Waals surface area contributed by atoms with Gasteiger partial charge in [-0.2, -0.15) is 0 Å². The highest BCUT2D eigenvalue weighted by Gasteiger charge is 2.19. The maximum absolute atomic E-state index is 12.5. The number of amides is 1. The molecule has 21 heavy (non-hydrogen) atoms. The number of hydrogen-bond acceptors (Lipinski definition) is 2. The molecule has 110 valence electrons. The fourth-order valence-electron chi connectivity index (χ4n) is 2.11. The van der Waals surface area contributed by atoms with Gasteiger partial charge in [0.2, 0.25) is 0 Å². The first-order valence-corrected chi connectivity index (χ1v) is 7.10. The number of hydrogen-bond donors (Lipinski definition) is 1. The maximum atomic E-state index is 12.5. The highest BCUT2D eigenvalue weighted by Crippen LogP contribution is 2.25. The van der Waals surface area contributed by atoms with Crippen molar-refractivity contribution in [1.29, 1.82) is 0 Å². The predicted octanol–water partition coefficient (Wildman–Crippen LogP) is 4.19. The van der Waals surface area contributed by atoms with Gasteiger partial charge < -0.3 is 10.0 Å². The average molecular weight is 304 g/mol. The molecule has 1 amide bonds. The van der Waals surface area contributed by atoms with Crippen LogP contribution in [0, 0.1) is 6.92 Å². The minimum absolute atomic E-state index is 0.111. The molecule has 0 bridgehead atoms. The lowest BCUT2D eigenvalue weighted by atomic mass is 10.1. The fourth-order valence-corrected chi connectivity index (χ4v) is 2.31. The number of aryl methyl sites for hydroxylation is 1. The van der Waals surface area contributed by atoms with E-state index in [0.717, 1.165) is 11.1 Å². The molecular formula is C17H18ClNO2. The zero-order valence-corrected chi connectivity index (χ0v) is 13.1. The normalized spacial score (nSPS) is 12.0. The van der Waals surface area contributed by atoms with E-state index in [1.807, 2.05) is 25.1 Å². The standard InChI is InChI=1S/C17H18ClNO2/c1-11-7-8-14(10-16(11)20)17(21)19(3)12(2)13-5-4-6-15(18)9-13/h4-10,12,20H,1-3H3. The molecular weight excluding hydrogens is 286 g/mol. The van der Waals surface area contributed by atoms with Gasteiger partial charge in [0.1, 0.15) is 5.75 Å². The second-order valence-electron chi connectivity index (χ2n) is 5.15. The molecule has 1 atom stereocenters. The zero-order valence-electron chi connectivity index (χ0n) is 12.3. The third-order valence-electron chi connectivity index (χ3n) is 3.69. The van der Waals surface area contributed by atoms with Crippen LogP contribution in [0.4, 0.5) is 0 Å². The van der Waals surface area contributed by atoms with Crippen LogP contribution in [-0.4, -0.2) is 23.0 Å². The molecule has 0 aliphatic carbocycles. The molecule has 1 N–H and O–H groups in total. The lowest BCUT2D eigenvalue weighted by Crippen LogP contribution is -2.29. The van der Waals surface area contributed by atoms with Gasteiger partial charge in [-0.3, -0.25) is 4.79 Å². The number of phenolic OH excluding ortho intramolecular Hbond substituents is 1. The van der Waals surface area contributed by atoms with E-state index in [-0.39, 0.29) is 17.7 Å². The van der Waals surface area contributed by atoms with Gasteiger partial charge in [0.15, 0.2) is 0 Å². The van der Waals surface area contributed by atoms with Gasteiger partial charge in [0.25, 0.3) is 5.91 Å². The van der Waals surface area contributed by atoms with Gasteiger partial charge >= 0.3 is 0 Å². The molecule has 0 saturated carbocycles. The topological polar surface area (TPSA) is 40.5 Å². The summed E-state index contributed by atoms with van der Waals surface area (Å²) in [6.07, 6.45) is 0. The number of carbonyl (C=O) groups is 1. The number of aromatic hydroxyl groups is 1. The highest BCUT2D eigenvalue weighted by atomic mass is 35.5. The second kappa shape index (κ2) is 6.19. The number of rotatable bonds is 3. The molecule has 0 fully saturated rings. The number of carbonyl (C=O) groups excluding carboxylic acids is 1. The second-order valence-corrected chi connectivity index (χ2v) is 5.58. The lowest BCUT2D eigenvalue weighted by molar-refractivity contribution is 0.0742. The van der Waals surface area contributed by atoms with Crippen LogP contribution in [0.25, 0.3) is 0 Å². The molecule has 0 heterocycles. The van der Waals surface area contributed by atoms with E-state index in [1.165, 1.54) is 6.07 Å². The first-order chi connectivity index (χ1) is 9.90. The molecule has 2 aromatic carbocycles. The number of benzene rings is 2. The van der Waals surface area contributed by atoms with Crippen LogP contribution in [0.3, 0.4) is 0 Å². The highest BCUT2D eigenvalue weighted by molar-refractivity contribution is 6.30. The third kappa shape index (κ3) is 3.37. The Hall–Kier alpha value is -2.00. The first-order valence-electron chi connectivity index (χ1n) is 6.72. The molecule has 2 aromatic rings. The minimum Gasteiger partial charge on any atom is -0.508 e. The lowest BCUT2D eigenvalue weighted by Gasteiger charge is -2.25. The van der Waals surface area contributed by atoms with Crippen LogP contribution in [0.5, 0.6) is 5.75 Å². The summed E-state index contributed by atoms with van der Waals surface area (Å²) < 4.78 is 0. The molecule has 0 aromatic heterocycles. The van der Waals surface area contributed by atoms with E-state index in [4.69, 9.17) is 11.6 Å².